The normalized spacial score (nSPS) is 15.3. The first-order valence-electron chi connectivity index (χ1n) is 9.31. The molecule has 2 aromatic carbocycles. The van der Waals surface area contributed by atoms with E-state index in [9.17, 15) is 18.0 Å². The third kappa shape index (κ3) is 7.29. The van der Waals surface area contributed by atoms with Crippen LogP contribution in [0.25, 0.3) is 10.8 Å². The number of fused-ring (bicyclic) bond motifs is 1. The average Bonchev–Trinajstić information content (AvgIpc) is 3.13. The predicted molar refractivity (Wildman–Crippen MR) is 111 cm³/mol. The number of hydrogen-bond acceptors (Lipinski definition) is 6. The van der Waals surface area contributed by atoms with E-state index in [4.69, 9.17) is 22.4 Å². The molecule has 0 atom stereocenters. The average molecular weight is 481 g/mol. The largest absolute Gasteiger partial charge is 0.741 e. The zero-order chi connectivity index (χ0) is 23.4. The van der Waals surface area contributed by atoms with Gasteiger partial charge in [0.2, 0.25) is 0 Å². The lowest BCUT2D eigenvalue weighted by Crippen LogP contribution is -2.26. The molecule has 0 radical (unpaired) electrons. The van der Waals surface area contributed by atoms with Crippen molar-refractivity contribution >= 4 is 37.9 Å². The second-order valence-electron chi connectivity index (χ2n) is 7.68. The van der Waals surface area contributed by atoms with Gasteiger partial charge in [-0.1, -0.05) is 18.2 Å². The van der Waals surface area contributed by atoms with Gasteiger partial charge in [0.05, 0.1) is 0 Å². The molecule has 0 aliphatic carbocycles. The first-order valence-corrected chi connectivity index (χ1v) is 12.3. The second-order valence-corrected chi connectivity index (χ2v) is 11.3. The third-order valence-corrected chi connectivity index (χ3v) is 7.16. The molecule has 0 bridgehead atoms. The minimum Gasteiger partial charge on any atom is -0.741 e. The Morgan fingerprint density at radius 3 is 2.03 bits per heavy atom. The number of halogens is 3. The molecule has 0 spiro atoms. The van der Waals surface area contributed by atoms with Gasteiger partial charge in [-0.05, 0) is 51.8 Å². The van der Waals surface area contributed by atoms with E-state index >= 15 is 0 Å². The molecule has 1 aliphatic rings. The molecule has 11 heteroatoms. The molecule has 2 aromatic rings. The summed E-state index contributed by atoms with van der Waals surface area (Å²) in [4.78, 5) is 13.4. The first kappa shape index (κ1) is 25.3. The van der Waals surface area contributed by atoms with Crippen molar-refractivity contribution in [2.45, 2.75) is 49.6 Å². The van der Waals surface area contributed by atoms with Crippen molar-refractivity contribution < 1.29 is 40.4 Å². The van der Waals surface area contributed by atoms with E-state index in [0.717, 1.165) is 5.39 Å². The van der Waals surface area contributed by atoms with Crippen LogP contribution in [-0.2, 0) is 25.7 Å². The molecule has 0 N–H and O–H groups in total. The Kier molecular flexibility index (Phi) is 7.88. The van der Waals surface area contributed by atoms with E-state index in [1.54, 1.807) is 0 Å². The molecule has 31 heavy (non-hydrogen) atoms. The molecule has 0 unspecified atom stereocenters. The number of hydrogen-bond donors (Lipinski definition) is 0. The highest BCUT2D eigenvalue weighted by molar-refractivity contribution is 7.97. The van der Waals surface area contributed by atoms with Gasteiger partial charge in [0.1, 0.15) is 22.9 Å². The summed E-state index contributed by atoms with van der Waals surface area (Å²) in [6.45, 7) is 5.49. The van der Waals surface area contributed by atoms with Gasteiger partial charge < -0.3 is 14.0 Å². The van der Waals surface area contributed by atoms with Crippen molar-refractivity contribution in [3.63, 3.8) is 0 Å². The highest BCUT2D eigenvalue weighted by Crippen LogP contribution is 2.34. The topological polar surface area (TPSA) is 92.7 Å². The van der Waals surface area contributed by atoms with Crippen LogP contribution in [-0.4, -0.2) is 41.7 Å². The number of benzene rings is 2. The Balaban J connectivity index is 0.000000366. The van der Waals surface area contributed by atoms with Crippen molar-refractivity contribution in [1.29, 1.82) is 0 Å². The molecular formula is C20H23F3O6S2. The van der Waals surface area contributed by atoms with Crippen molar-refractivity contribution in [3.05, 3.63) is 36.4 Å². The Morgan fingerprint density at radius 2 is 1.52 bits per heavy atom. The molecule has 172 valence electrons. The predicted octanol–water partition coefficient (Wildman–Crippen LogP) is 4.98. The molecule has 6 nitrogen and oxygen atoms in total. The second kappa shape index (κ2) is 9.66. The SMILES string of the molecule is CC(C)(C)OC(=O)Oc1cccc2c([S+]3CCCC3)cccc12.O=S(=O)([O-])C(F)(F)F. The van der Waals surface area contributed by atoms with Crippen LogP contribution >= 0.6 is 0 Å². The maximum absolute atomic E-state index is 12.0. The molecule has 1 heterocycles. The van der Waals surface area contributed by atoms with Crippen molar-refractivity contribution in [1.82, 2.24) is 0 Å². The quantitative estimate of drug-likeness (QED) is 0.198. The molecule has 3 rings (SSSR count). The van der Waals surface area contributed by atoms with Gasteiger partial charge in [0, 0.05) is 21.7 Å². The summed E-state index contributed by atoms with van der Waals surface area (Å²) in [5.74, 6) is 3.12. The monoisotopic (exact) mass is 480 g/mol. The van der Waals surface area contributed by atoms with Crippen LogP contribution in [0.4, 0.5) is 18.0 Å². The maximum Gasteiger partial charge on any atom is 0.514 e. The lowest BCUT2D eigenvalue weighted by molar-refractivity contribution is -0.0518. The Hall–Kier alpha value is -1.98. The van der Waals surface area contributed by atoms with Gasteiger partial charge in [-0.3, -0.25) is 0 Å². The first-order chi connectivity index (χ1) is 14.2. The Labute approximate surface area is 181 Å². The van der Waals surface area contributed by atoms with Crippen LogP contribution in [0.5, 0.6) is 5.75 Å². The summed E-state index contributed by atoms with van der Waals surface area (Å²) in [6.07, 6.45) is 1.97. The summed E-state index contributed by atoms with van der Waals surface area (Å²) in [5, 5.41) is 2.18. The molecule has 0 aromatic heterocycles. The Bertz CT molecular complexity index is 1020. The number of ether oxygens (including phenoxy) is 2. The van der Waals surface area contributed by atoms with E-state index in [0.29, 0.717) is 16.6 Å². The molecule has 1 fully saturated rings. The molecule has 0 saturated carbocycles. The van der Waals surface area contributed by atoms with Gasteiger partial charge in [-0.2, -0.15) is 13.2 Å². The van der Waals surface area contributed by atoms with Gasteiger partial charge in [0.25, 0.3) is 0 Å². The van der Waals surface area contributed by atoms with Crippen LogP contribution in [0, 0.1) is 0 Å². The van der Waals surface area contributed by atoms with Gasteiger partial charge in [-0.15, -0.1) is 0 Å². The molecular weight excluding hydrogens is 457 g/mol. The van der Waals surface area contributed by atoms with E-state index in [2.05, 4.69) is 18.2 Å². The minimum atomic E-state index is -6.09. The number of rotatable bonds is 2. The van der Waals surface area contributed by atoms with E-state index in [1.165, 1.54) is 34.6 Å². The highest BCUT2D eigenvalue weighted by Gasteiger charge is 2.37. The van der Waals surface area contributed by atoms with Crippen LogP contribution in [0.2, 0.25) is 0 Å². The molecule has 1 saturated heterocycles. The van der Waals surface area contributed by atoms with Crippen molar-refractivity contribution in [2.24, 2.45) is 0 Å². The van der Waals surface area contributed by atoms with Crippen LogP contribution in [0.15, 0.2) is 41.3 Å². The number of alkyl halides is 3. The van der Waals surface area contributed by atoms with Crippen LogP contribution in [0.3, 0.4) is 0 Å². The fourth-order valence-electron chi connectivity index (χ4n) is 2.83. The zero-order valence-corrected chi connectivity index (χ0v) is 18.8. The van der Waals surface area contributed by atoms with E-state index < -0.39 is 27.4 Å². The fraction of sp³-hybridized carbons (Fsp3) is 0.450. The lowest BCUT2D eigenvalue weighted by atomic mass is 10.1. The Morgan fingerprint density at radius 1 is 1.00 bits per heavy atom. The van der Waals surface area contributed by atoms with Crippen LogP contribution in [0.1, 0.15) is 33.6 Å². The standard InChI is InChI=1S/C19H23O3S.CHF3O3S/c1-19(2,3)22-18(20)21-16-10-6-9-15-14(16)8-7-11-17(15)23-12-4-5-13-23;2-1(3,4)8(5,6)7/h6-11H,4-5,12-13H2,1-3H3;(H,5,6,7)/q+1;/p-1. The van der Waals surface area contributed by atoms with Gasteiger partial charge >= 0.3 is 11.7 Å². The summed E-state index contributed by atoms with van der Waals surface area (Å²) in [7, 11) is -5.76. The number of carbonyl (C=O) groups excluding carboxylic acids is 1. The maximum atomic E-state index is 12.0. The minimum absolute atomic E-state index is 0.326. The molecule has 0 amide bonds. The van der Waals surface area contributed by atoms with Gasteiger partial charge in [0.15, 0.2) is 15.0 Å². The van der Waals surface area contributed by atoms with Crippen LogP contribution < -0.4 is 4.74 Å². The summed E-state index contributed by atoms with van der Waals surface area (Å²) in [6, 6.07) is 12.2. The molecule has 1 aliphatic heterocycles. The van der Waals surface area contributed by atoms with Crippen molar-refractivity contribution in [2.75, 3.05) is 11.5 Å². The summed E-state index contributed by atoms with van der Waals surface area (Å²) in [5.41, 5.74) is -6.20. The zero-order valence-electron chi connectivity index (χ0n) is 17.2. The lowest BCUT2D eigenvalue weighted by Gasteiger charge is -2.19. The number of carbonyl (C=O) groups is 1. The fourth-order valence-corrected chi connectivity index (χ4v) is 5.34. The van der Waals surface area contributed by atoms with Gasteiger partial charge in [-0.25, -0.2) is 13.2 Å². The third-order valence-electron chi connectivity index (χ3n) is 4.05. The highest BCUT2D eigenvalue weighted by atomic mass is 32.2. The van der Waals surface area contributed by atoms with E-state index in [-0.39, 0.29) is 0 Å². The smallest absolute Gasteiger partial charge is 0.514 e. The summed E-state index contributed by atoms with van der Waals surface area (Å²) < 4.78 is 69.6. The summed E-state index contributed by atoms with van der Waals surface area (Å²) >= 11 is 0. The van der Waals surface area contributed by atoms with Crippen molar-refractivity contribution in [3.8, 4) is 5.75 Å². The van der Waals surface area contributed by atoms with E-state index in [1.807, 2.05) is 39.0 Å².